The SMILES string of the molecule is CC(C)CCNC(=O)c1ncn2c1C(=O)N(C1CC1)C(C)(C(=O)NCc1ccccc1Cl)C2. The van der Waals surface area contributed by atoms with Crippen molar-refractivity contribution < 1.29 is 14.4 Å². The van der Waals surface area contributed by atoms with E-state index in [1.165, 1.54) is 6.33 Å². The minimum atomic E-state index is -1.10. The third kappa shape index (κ3) is 4.62. The molecule has 33 heavy (non-hydrogen) atoms. The van der Waals surface area contributed by atoms with E-state index in [9.17, 15) is 14.4 Å². The van der Waals surface area contributed by atoms with E-state index in [4.69, 9.17) is 11.6 Å². The van der Waals surface area contributed by atoms with Crippen LogP contribution in [0.1, 0.15) is 66.6 Å². The number of imidazole rings is 1. The van der Waals surface area contributed by atoms with Crippen LogP contribution in [0.2, 0.25) is 5.02 Å². The molecule has 2 aliphatic rings. The first-order valence-corrected chi connectivity index (χ1v) is 11.8. The molecule has 1 fully saturated rings. The fraction of sp³-hybridized carbons (Fsp3) is 0.500. The Bertz CT molecular complexity index is 1080. The number of nitrogens with zero attached hydrogens (tertiary/aromatic N) is 3. The predicted octanol–water partition coefficient (Wildman–Crippen LogP) is 3.01. The van der Waals surface area contributed by atoms with Crippen molar-refractivity contribution in [1.29, 1.82) is 0 Å². The second kappa shape index (κ2) is 9.17. The Morgan fingerprint density at radius 2 is 1.97 bits per heavy atom. The number of halogens is 1. The van der Waals surface area contributed by atoms with E-state index >= 15 is 0 Å². The first kappa shape index (κ1) is 23.3. The number of carbonyl (C=O) groups is 3. The minimum absolute atomic E-state index is 0.0194. The van der Waals surface area contributed by atoms with Crippen LogP contribution in [-0.2, 0) is 17.9 Å². The van der Waals surface area contributed by atoms with Gasteiger partial charge in [-0.15, -0.1) is 0 Å². The zero-order chi connectivity index (χ0) is 23.8. The van der Waals surface area contributed by atoms with E-state index in [1.54, 1.807) is 22.5 Å². The van der Waals surface area contributed by atoms with E-state index in [2.05, 4.69) is 29.5 Å². The quantitative estimate of drug-likeness (QED) is 0.618. The Morgan fingerprint density at radius 3 is 2.64 bits per heavy atom. The fourth-order valence-corrected chi connectivity index (χ4v) is 4.49. The van der Waals surface area contributed by atoms with Gasteiger partial charge in [-0.3, -0.25) is 14.4 Å². The summed E-state index contributed by atoms with van der Waals surface area (Å²) in [5.74, 6) is -0.492. The van der Waals surface area contributed by atoms with Crippen molar-refractivity contribution in [1.82, 2.24) is 25.1 Å². The zero-order valence-corrected chi connectivity index (χ0v) is 20.0. The number of aromatic nitrogens is 2. The van der Waals surface area contributed by atoms with Crippen LogP contribution in [0.4, 0.5) is 0 Å². The molecule has 0 spiro atoms. The van der Waals surface area contributed by atoms with Gasteiger partial charge in [0, 0.05) is 24.2 Å². The van der Waals surface area contributed by atoms with Crippen molar-refractivity contribution in [2.45, 2.75) is 64.7 Å². The van der Waals surface area contributed by atoms with E-state index in [0.29, 0.717) is 17.5 Å². The maximum atomic E-state index is 13.6. The highest BCUT2D eigenvalue weighted by molar-refractivity contribution is 6.31. The molecule has 176 valence electrons. The Hall–Kier alpha value is -2.87. The third-order valence-electron chi connectivity index (χ3n) is 6.29. The number of hydrogen-bond acceptors (Lipinski definition) is 4. The molecule has 8 nitrogen and oxygen atoms in total. The smallest absolute Gasteiger partial charge is 0.274 e. The summed E-state index contributed by atoms with van der Waals surface area (Å²) in [6.07, 6.45) is 3.99. The molecule has 0 bridgehead atoms. The summed E-state index contributed by atoms with van der Waals surface area (Å²) >= 11 is 6.23. The van der Waals surface area contributed by atoms with Crippen LogP contribution in [-0.4, -0.2) is 50.3 Å². The van der Waals surface area contributed by atoms with Gasteiger partial charge in [0.25, 0.3) is 11.8 Å². The van der Waals surface area contributed by atoms with Crippen molar-refractivity contribution in [3.63, 3.8) is 0 Å². The summed E-state index contributed by atoms with van der Waals surface area (Å²) in [6, 6.07) is 7.31. The Balaban J connectivity index is 1.56. The highest BCUT2D eigenvalue weighted by atomic mass is 35.5. The van der Waals surface area contributed by atoms with Crippen LogP contribution >= 0.6 is 11.6 Å². The number of nitrogens with one attached hydrogen (secondary N) is 2. The lowest BCUT2D eigenvalue weighted by atomic mass is 9.93. The van der Waals surface area contributed by atoms with Crippen molar-refractivity contribution in [3.05, 3.63) is 52.6 Å². The molecule has 0 radical (unpaired) electrons. The van der Waals surface area contributed by atoms with Gasteiger partial charge >= 0.3 is 0 Å². The van der Waals surface area contributed by atoms with Gasteiger partial charge in [0.05, 0.1) is 12.9 Å². The van der Waals surface area contributed by atoms with Gasteiger partial charge < -0.3 is 20.1 Å². The molecule has 1 saturated carbocycles. The second-order valence-corrected chi connectivity index (χ2v) is 9.87. The average Bonchev–Trinajstić information content (AvgIpc) is 3.50. The topological polar surface area (TPSA) is 96.3 Å². The largest absolute Gasteiger partial charge is 0.351 e. The molecule has 1 atom stereocenters. The van der Waals surface area contributed by atoms with Gasteiger partial charge in [-0.2, -0.15) is 0 Å². The normalized spacial score (nSPS) is 20.0. The van der Waals surface area contributed by atoms with Crippen LogP contribution in [0.3, 0.4) is 0 Å². The van der Waals surface area contributed by atoms with Gasteiger partial charge in [0.15, 0.2) is 5.69 Å². The molecule has 4 rings (SSSR count). The average molecular weight is 472 g/mol. The molecule has 1 unspecified atom stereocenters. The summed E-state index contributed by atoms with van der Waals surface area (Å²) < 4.78 is 1.63. The lowest BCUT2D eigenvalue weighted by Crippen LogP contribution is -2.64. The third-order valence-corrected chi connectivity index (χ3v) is 6.66. The Kier molecular flexibility index (Phi) is 6.47. The molecule has 1 aromatic carbocycles. The first-order valence-electron chi connectivity index (χ1n) is 11.4. The molecule has 1 aromatic heterocycles. The number of rotatable bonds is 8. The molecule has 2 N–H and O–H groups in total. The number of hydrogen-bond donors (Lipinski definition) is 2. The molecule has 2 aromatic rings. The number of amides is 3. The second-order valence-electron chi connectivity index (χ2n) is 9.46. The molecule has 3 amide bonds. The highest BCUT2D eigenvalue weighted by Crippen LogP contribution is 2.38. The van der Waals surface area contributed by atoms with Crippen LogP contribution < -0.4 is 10.6 Å². The summed E-state index contributed by atoms with van der Waals surface area (Å²) in [5, 5.41) is 6.38. The van der Waals surface area contributed by atoms with E-state index in [0.717, 1.165) is 24.8 Å². The van der Waals surface area contributed by atoms with Crippen molar-refractivity contribution in [2.24, 2.45) is 5.92 Å². The number of carbonyl (C=O) groups excluding carboxylic acids is 3. The maximum absolute atomic E-state index is 13.6. The molecular formula is C24H30ClN5O3. The van der Waals surface area contributed by atoms with Crippen molar-refractivity contribution in [3.8, 4) is 0 Å². The summed E-state index contributed by atoms with van der Waals surface area (Å²) in [5.41, 5.74) is 0.0756. The van der Waals surface area contributed by atoms with Gasteiger partial charge in [-0.1, -0.05) is 43.6 Å². The van der Waals surface area contributed by atoms with E-state index in [-0.39, 0.29) is 48.2 Å². The molecule has 9 heteroatoms. The summed E-state index contributed by atoms with van der Waals surface area (Å²) in [6.45, 7) is 6.95. The van der Waals surface area contributed by atoms with Crippen LogP contribution in [0.5, 0.6) is 0 Å². The minimum Gasteiger partial charge on any atom is -0.351 e. The molecule has 1 aliphatic carbocycles. The first-order chi connectivity index (χ1) is 15.7. The number of fused-ring (bicyclic) bond motifs is 1. The van der Waals surface area contributed by atoms with Crippen LogP contribution in [0.25, 0.3) is 0 Å². The van der Waals surface area contributed by atoms with E-state index in [1.807, 2.05) is 18.2 Å². The Labute approximate surface area is 198 Å². The Morgan fingerprint density at radius 1 is 1.24 bits per heavy atom. The zero-order valence-electron chi connectivity index (χ0n) is 19.2. The van der Waals surface area contributed by atoms with E-state index < -0.39 is 5.54 Å². The standard InChI is InChI=1S/C24H30ClN5O3/c1-15(2)10-11-26-21(31)19-20-22(32)30(17-8-9-17)24(3,13-29(20)14-28-19)23(33)27-12-16-6-4-5-7-18(16)25/h4-7,14-15,17H,8-13H2,1-3H3,(H,26,31)(H,27,33). The molecule has 2 heterocycles. The molecule has 0 saturated heterocycles. The van der Waals surface area contributed by atoms with Gasteiger partial charge in [-0.25, -0.2) is 4.98 Å². The van der Waals surface area contributed by atoms with Crippen LogP contribution in [0.15, 0.2) is 30.6 Å². The van der Waals surface area contributed by atoms with Crippen molar-refractivity contribution >= 4 is 29.3 Å². The van der Waals surface area contributed by atoms with Crippen molar-refractivity contribution in [2.75, 3.05) is 6.54 Å². The lowest BCUT2D eigenvalue weighted by molar-refractivity contribution is -0.133. The molecular weight excluding hydrogens is 442 g/mol. The lowest BCUT2D eigenvalue weighted by Gasteiger charge is -2.44. The highest BCUT2D eigenvalue weighted by Gasteiger charge is 2.53. The summed E-state index contributed by atoms with van der Waals surface area (Å²) in [7, 11) is 0. The fourth-order valence-electron chi connectivity index (χ4n) is 4.29. The number of benzene rings is 1. The monoisotopic (exact) mass is 471 g/mol. The van der Waals surface area contributed by atoms with Gasteiger partial charge in [0.1, 0.15) is 11.2 Å². The summed E-state index contributed by atoms with van der Waals surface area (Å²) in [4.78, 5) is 45.6. The van der Waals surface area contributed by atoms with Gasteiger partial charge in [0.2, 0.25) is 5.91 Å². The predicted molar refractivity (Wildman–Crippen MR) is 125 cm³/mol. The maximum Gasteiger partial charge on any atom is 0.274 e. The molecule has 1 aliphatic heterocycles. The van der Waals surface area contributed by atoms with Crippen LogP contribution in [0, 0.1) is 5.92 Å². The van der Waals surface area contributed by atoms with Gasteiger partial charge in [-0.05, 0) is 43.7 Å².